The largest absolute Gasteiger partial charge is 0.381 e. The van der Waals surface area contributed by atoms with Gasteiger partial charge in [-0.05, 0) is 40.8 Å². The number of nitrogens with two attached hydrogens (primary N) is 1. The molecule has 0 saturated heterocycles. The molecule has 1 aromatic heterocycles. The molecule has 0 aliphatic carbocycles. The minimum Gasteiger partial charge on any atom is -0.381 e. The molecule has 0 unspecified atom stereocenters. The first-order valence-electron chi connectivity index (χ1n) is 4.81. The van der Waals surface area contributed by atoms with Crippen molar-refractivity contribution in [3.63, 3.8) is 0 Å². The molecule has 2 aromatic rings. The number of rotatable bonds is 2. The summed E-state index contributed by atoms with van der Waals surface area (Å²) in [5.41, 5.74) is 5.90. The highest BCUT2D eigenvalue weighted by atomic mass is 127. The van der Waals surface area contributed by atoms with Gasteiger partial charge in [-0.3, -0.25) is 0 Å². The minimum absolute atomic E-state index is 0.130. The van der Waals surface area contributed by atoms with Crippen LogP contribution in [0.15, 0.2) is 24.3 Å². The van der Waals surface area contributed by atoms with Crippen LogP contribution in [0.3, 0.4) is 0 Å². The molecular weight excluding hydrogens is 374 g/mol. The maximum atomic E-state index is 13.5. The third-order valence-corrected chi connectivity index (χ3v) is 3.27. The number of aromatic nitrogens is 1. The summed E-state index contributed by atoms with van der Waals surface area (Å²) in [6.07, 6.45) is 0. The predicted octanol–water partition coefficient (Wildman–Crippen LogP) is 3.94. The van der Waals surface area contributed by atoms with Gasteiger partial charge in [-0.1, -0.05) is 11.6 Å². The number of nitrogen functional groups attached to an aromatic ring is 1. The summed E-state index contributed by atoms with van der Waals surface area (Å²) >= 11 is 7.84. The summed E-state index contributed by atoms with van der Waals surface area (Å²) in [7, 11) is 0. The van der Waals surface area contributed by atoms with Crippen LogP contribution >= 0.6 is 34.2 Å². The van der Waals surface area contributed by atoms with Crippen LogP contribution in [0.4, 0.5) is 26.1 Å². The Hall–Kier alpha value is -1.15. The number of halogens is 4. The fourth-order valence-corrected chi connectivity index (χ4v) is 2.29. The first-order chi connectivity index (χ1) is 8.47. The topological polar surface area (TPSA) is 50.9 Å². The predicted molar refractivity (Wildman–Crippen MR) is 76.0 cm³/mol. The number of hydrogen-bond donors (Lipinski definition) is 2. The second-order valence-electron chi connectivity index (χ2n) is 3.44. The summed E-state index contributed by atoms with van der Waals surface area (Å²) in [6, 6.07) is 5.71. The number of benzene rings is 1. The molecule has 3 N–H and O–H groups in total. The number of hydrogen-bond acceptors (Lipinski definition) is 3. The van der Waals surface area contributed by atoms with Crippen LogP contribution in [0.25, 0.3) is 0 Å². The Morgan fingerprint density at radius 3 is 2.61 bits per heavy atom. The average molecular weight is 382 g/mol. The second kappa shape index (κ2) is 5.23. The van der Waals surface area contributed by atoms with E-state index < -0.39 is 11.6 Å². The molecule has 18 heavy (non-hydrogen) atoms. The van der Waals surface area contributed by atoms with Crippen LogP contribution in [0.1, 0.15) is 0 Å². The monoisotopic (exact) mass is 381 g/mol. The molecule has 0 bridgehead atoms. The van der Waals surface area contributed by atoms with E-state index in [4.69, 9.17) is 17.3 Å². The first-order valence-corrected chi connectivity index (χ1v) is 6.26. The summed E-state index contributed by atoms with van der Waals surface area (Å²) < 4.78 is 27.2. The molecule has 0 saturated carbocycles. The Balaban J connectivity index is 2.37. The molecule has 3 nitrogen and oxygen atoms in total. The summed E-state index contributed by atoms with van der Waals surface area (Å²) in [5, 5.41) is 3.30. The van der Waals surface area contributed by atoms with E-state index in [0.717, 1.165) is 3.57 Å². The van der Waals surface area contributed by atoms with Crippen molar-refractivity contribution >= 4 is 51.5 Å². The summed E-state index contributed by atoms with van der Waals surface area (Å²) in [5.74, 6) is -2.19. The SMILES string of the molecule is Nc1nc(Nc2ccc(Cl)cc2I)c(F)cc1F. The second-order valence-corrected chi connectivity index (χ2v) is 5.03. The molecule has 7 heteroatoms. The van der Waals surface area contributed by atoms with E-state index in [9.17, 15) is 8.78 Å². The van der Waals surface area contributed by atoms with E-state index in [-0.39, 0.29) is 11.6 Å². The van der Waals surface area contributed by atoms with Gasteiger partial charge in [-0.25, -0.2) is 13.8 Å². The van der Waals surface area contributed by atoms with Crippen LogP contribution < -0.4 is 11.1 Å². The normalized spacial score (nSPS) is 10.4. The minimum atomic E-state index is -0.885. The number of nitrogens with one attached hydrogen (secondary N) is 1. The van der Waals surface area contributed by atoms with Gasteiger partial charge in [0.2, 0.25) is 0 Å². The lowest BCUT2D eigenvalue weighted by atomic mass is 10.3. The fourth-order valence-electron chi connectivity index (χ4n) is 1.29. The molecule has 94 valence electrons. The average Bonchev–Trinajstić information content (AvgIpc) is 2.29. The van der Waals surface area contributed by atoms with Gasteiger partial charge in [0.15, 0.2) is 23.3 Å². The zero-order valence-electron chi connectivity index (χ0n) is 8.85. The lowest BCUT2D eigenvalue weighted by Gasteiger charge is -2.09. The third kappa shape index (κ3) is 2.81. The maximum Gasteiger partial charge on any atom is 0.169 e. The molecule has 0 amide bonds. The molecule has 0 aliphatic rings. The van der Waals surface area contributed by atoms with Crippen molar-refractivity contribution in [3.05, 3.63) is 44.5 Å². The van der Waals surface area contributed by atoms with Crippen molar-refractivity contribution in [2.75, 3.05) is 11.1 Å². The molecule has 0 spiro atoms. The van der Waals surface area contributed by atoms with Crippen molar-refractivity contribution in [1.82, 2.24) is 4.98 Å². The molecule has 0 aliphatic heterocycles. The highest BCUT2D eigenvalue weighted by molar-refractivity contribution is 14.1. The van der Waals surface area contributed by atoms with E-state index in [1.54, 1.807) is 18.2 Å². The van der Waals surface area contributed by atoms with Gasteiger partial charge in [0.25, 0.3) is 0 Å². The van der Waals surface area contributed by atoms with Gasteiger partial charge in [0.05, 0.1) is 5.69 Å². The molecular formula is C11H7ClF2IN3. The van der Waals surface area contributed by atoms with Gasteiger partial charge in [-0.15, -0.1) is 0 Å². The van der Waals surface area contributed by atoms with Crippen molar-refractivity contribution < 1.29 is 8.78 Å². The van der Waals surface area contributed by atoms with Crippen LogP contribution in [-0.4, -0.2) is 4.98 Å². The lowest BCUT2D eigenvalue weighted by Crippen LogP contribution is -2.03. The van der Waals surface area contributed by atoms with Gasteiger partial charge in [-0.2, -0.15) is 0 Å². The molecule has 0 fully saturated rings. The van der Waals surface area contributed by atoms with Crippen LogP contribution in [0.2, 0.25) is 5.02 Å². The van der Waals surface area contributed by atoms with Crippen LogP contribution in [0, 0.1) is 15.2 Å². The zero-order valence-corrected chi connectivity index (χ0v) is 11.8. The molecule has 0 radical (unpaired) electrons. The molecule has 2 rings (SSSR count). The van der Waals surface area contributed by atoms with Crippen molar-refractivity contribution in [2.45, 2.75) is 0 Å². The molecule has 1 aromatic carbocycles. The van der Waals surface area contributed by atoms with Gasteiger partial charge in [0, 0.05) is 14.7 Å². The molecule has 0 atom stereocenters. The van der Waals surface area contributed by atoms with E-state index >= 15 is 0 Å². The van der Waals surface area contributed by atoms with Crippen molar-refractivity contribution in [3.8, 4) is 0 Å². The van der Waals surface area contributed by atoms with E-state index in [2.05, 4.69) is 10.3 Å². The fraction of sp³-hybridized carbons (Fsp3) is 0. The van der Waals surface area contributed by atoms with Gasteiger partial charge in [0.1, 0.15) is 0 Å². The number of anilines is 3. The Kier molecular flexibility index (Phi) is 3.86. The highest BCUT2D eigenvalue weighted by Crippen LogP contribution is 2.26. The van der Waals surface area contributed by atoms with Gasteiger partial charge >= 0.3 is 0 Å². The van der Waals surface area contributed by atoms with Gasteiger partial charge < -0.3 is 11.1 Å². The summed E-state index contributed by atoms with van der Waals surface area (Å²) in [6.45, 7) is 0. The number of pyridine rings is 1. The zero-order chi connectivity index (χ0) is 13.3. The van der Waals surface area contributed by atoms with Crippen LogP contribution in [-0.2, 0) is 0 Å². The van der Waals surface area contributed by atoms with Crippen LogP contribution in [0.5, 0.6) is 0 Å². The Morgan fingerprint density at radius 2 is 1.94 bits per heavy atom. The molecule has 1 heterocycles. The third-order valence-electron chi connectivity index (χ3n) is 2.14. The maximum absolute atomic E-state index is 13.5. The number of nitrogens with zero attached hydrogens (tertiary/aromatic N) is 1. The smallest absolute Gasteiger partial charge is 0.169 e. The standard InChI is InChI=1S/C11H7ClF2IN3/c12-5-1-2-9(8(15)3-5)17-11-7(14)4-6(13)10(16)18-11/h1-4H,(H3,16,17,18). The Morgan fingerprint density at radius 1 is 1.22 bits per heavy atom. The quantitative estimate of drug-likeness (QED) is 0.775. The Bertz CT molecular complexity index is 607. The van der Waals surface area contributed by atoms with E-state index in [1.807, 2.05) is 22.6 Å². The van der Waals surface area contributed by atoms with Crippen molar-refractivity contribution in [2.24, 2.45) is 0 Å². The van der Waals surface area contributed by atoms with E-state index in [1.165, 1.54) is 0 Å². The Labute approximate surface area is 120 Å². The van der Waals surface area contributed by atoms with E-state index in [0.29, 0.717) is 16.8 Å². The van der Waals surface area contributed by atoms with Crippen molar-refractivity contribution in [1.29, 1.82) is 0 Å². The lowest BCUT2D eigenvalue weighted by molar-refractivity contribution is 0.581. The summed E-state index contributed by atoms with van der Waals surface area (Å²) in [4.78, 5) is 3.61. The highest BCUT2D eigenvalue weighted by Gasteiger charge is 2.11. The first kappa shape index (κ1) is 13.3.